The van der Waals surface area contributed by atoms with E-state index in [2.05, 4.69) is 10.0 Å². The van der Waals surface area contributed by atoms with Crippen molar-refractivity contribution in [3.63, 3.8) is 0 Å². The molecule has 5 nitrogen and oxygen atoms in total. The number of benzene rings is 1. The van der Waals surface area contributed by atoms with Crippen molar-refractivity contribution < 1.29 is 13.2 Å². The first-order valence-corrected chi connectivity index (χ1v) is 10.1. The summed E-state index contributed by atoms with van der Waals surface area (Å²) in [6.45, 7) is 3.58. The van der Waals surface area contributed by atoms with Crippen molar-refractivity contribution in [1.82, 2.24) is 4.72 Å². The second-order valence-electron chi connectivity index (χ2n) is 5.67. The normalized spacial score (nSPS) is 16.3. The van der Waals surface area contributed by atoms with Gasteiger partial charge in [0.1, 0.15) is 0 Å². The Morgan fingerprint density at radius 1 is 1.41 bits per heavy atom. The predicted molar refractivity (Wildman–Crippen MR) is 90.7 cm³/mol. The number of rotatable bonds is 7. The molecule has 1 atom stereocenters. The lowest BCUT2D eigenvalue weighted by Crippen LogP contribution is -2.27. The maximum Gasteiger partial charge on any atom is 0.241 e. The molecule has 1 aliphatic carbocycles. The molecule has 1 aromatic rings. The van der Waals surface area contributed by atoms with Crippen LogP contribution in [0.4, 0.5) is 5.69 Å². The van der Waals surface area contributed by atoms with Crippen molar-refractivity contribution in [2.45, 2.75) is 37.6 Å². The topological polar surface area (TPSA) is 75.3 Å². The zero-order valence-electron chi connectivity index (χ0n) is 13.0. The molecule has 0 spiro atoms. The fraction of sp³-hybridized carbons (Fsp3) is 0.533. The standard InChI is InChI=1S/C15H22N2O3S2/c1-10(9-21-3)15(18)16-13-5-4-6-14(11(13)2)22(19,20)17-12-7-8-12/h4-6,10,12,17H,7-9H2,1-3H3,(H,16,18)/t10-/m0/s1. The number of carbonyl (C=O) groups is 1. The van der Waals surface area contributed by atoms with Gasteiger partial charge in [-0.2, -0.15) is 11.8 Å². The fourth-order valence-corrected chi connectivity index (χ4v) is 4.33. The van der Waals surface area contributed by atoms with Gasteiger partial charge in [0.05, 0.1) is 4.90 Å². The van der Waals surface area contributed by atoms with E-state index in [4.69, 9.17) is 0 Å². The molecule has 0 unspecified atom stereocenters. The van der Waals surface area contributed by atoms with Crippen LogP contribution in [0.1, 0.15) is 25.3 Å². The maximum atomic E-state index is 12.4. The molecule has 1 aliphatic rings. The first-order chi connectivity index (χ1) is 10.3. The van der Waals surface area contributed by atoms with Gasteiger partial charge in [-0.25, -0.2) is 13.1 Å². The van der Waals surface area contributed by atoms with Gasteiger partial charge in [-0.3, -0.25) is 4.79 Å². The molecule has 22 heavy (non-hydrogen) atoms. The Hall–Kier alpha value is -1.05. The number of thioether (sulfide) groups is 1. The van der Waals surface area contributed by atoms with Crippen LogP contribution in [0.5, 0.6) is 0 Å². The van der Waals surface area contributed by atoms with Gasteiger partial charge in [0.15, 0.2) is 0 Å². The summed E-state index contributed by atoms with van der Waals surface area (Å²) in [5.41, 5.74) is 1.12. The van der Waals surface area contributed by atoms with Gasteiger partial charge in [-0.15, -0.1) is 0 Å². The minimum atomic E-state index is -3.52. The van der Waals surface area contributed by atoms with E-state index in [0.717, 1.165) is 18.6 Å². The van der Waals surface area contributed by atoms with E-state index in [1.165, 1.54) is 0 Å². The number of hydrogen-bond acceptors (Lipinski definition) is 4. The highest BCUT2D eigenvalue weighted by Gasteiger charge is 2.29. The molecule has 7 heteroatoms. The Bertz CT molecular complexity index is 655. The molecule has 1 fully saturated rings. The van der Waals surface area contributed by atoms with E-state index in [-0.39, 0.29) is 22.8 Å². The maximum absolute atomic E-state index is 12.4. The minimum absolute atomic E-state index is 0.0595. The first-order valence-electron chi connectivity index (χ1n) is 7.27. The Morgan fingerprint density at radius 3 is 2.68 bits per heavy atom. The van der Waals surface area contributed by atoms with Crippen LogP contribution >= 0.6 is 11.8 Å². The van der Waals surface area contributed by atoms with E-state index in [0.29, 0.717) is 11.3 Å². The van der Waals surface area contributed by atoms with Crippen molar-refractivity contribution in [1.29, 1.82) is 0 Å². The fourth-order valence-electron chi connectivity index (χ4n) is 2.11. The lowest BCUT2D eigenvalue weighted by Gasteiger charge is -2.15. The van der Waals surface area contributed by atoms with Gasteiger partial charge < -0.3 is 5.32 Å². The lowest BCUT2D eigenvalue weighted by molar-refractivity contribution is -0.118. The summed E-state index contributed by atoms with van der Waals surface area (Å²) in [5.74, 6) is 0.507. The average molecular weight is 342 g/mol. The lowest BCUT2D eigenvalue weighted by atomic mass is 10.1. The number of anilines is 1. The third-order valence-corrected chi connectivity index (χ3v) is 6.09. The molecule has 0 saturated heterocycles. The molecule has 0 radical (unpaired) electrons. The molecule has 2 N–H and O–H groups in total. The van der Waals surface area contributed by atoms with Gasteiger partial charge >= 0.3 is 0 Å². The van der Waals surface area contributed by atoms with E-state index in [9.17, 15) is 13.2 Å². The average Bonchev–Trinajstić information content (AvgIpc) is 3.24. The van der Waals surface area contributed by atoms with Crippen molar-refractivity contribution in [2.24, 2.45) is 5.92 Å². The van der Waals surface area contributed by atoms with E-state index in [1.807, 2.05) is 13.2 Å². The summed E-state index contributed by atoms with van der Waals surface area (Å²) >= 11 is 1.61. The molecule has 122 valence electrons. The zero-order chi connectivity index (χ0) is 16.3. The van der Waals surface area contributed by atoms with Gasteiger partial charge in [-0.1, -0.05) is 13.0 Å². The van der Waals surface area contributed by atoms with Gasteiger partial charge in [0, 0.05) is 23.4 Å². The van der Waals surface area contributed by atoms with Crippen LogP contribution in [0.15, 0.2) is 23.1 Å². The molecule has 0 bridgehead atoms. The Labute approximate surface area is 136 Å². The van der Waals surface area contributed by atoms with Gasteiger partial charge in [0.2, 0.25) is 15.9 Å². The number of carbonyl (C=O) groups excluding carboxylic acids is 1. The smallest absolute Gasteiger partial charge is 0.241 e. The van der Waals surface area contributed by atoms with E-state index >= 15 is 0 Å². The highest BCUT2D eigenvalue weighted by molar-refractivity contribution is 7.98. The Morgan fingerprint density at radius 2 is 2.09 bits per heavy atom. The molecule has 0 aromatic heterocycles. The molecule has 2 rings (SSSR count). The van der Waals surface area contributed by atoms with Crippen molar-refractivity contribution >= 4 is 33.4 Å². The third kappa shape index (κ3) is 4.24. The van der Waals surface area contributed by atoms with Crippen molar-refractivity contribution in [2.75, 3.05) is 17.3 Å². The largest absolute Gasteiger partial charge is 0.326 e. The van der Waals surface area contributed by atoms with E-state index in [1.54, 1.807) is 36.9 Å². The zero-order valence-corrected chi connectivity index (χ0v) is 14.7. The number of hydrogen-bond donors (Lipinski definition) is 2. The summed E-state index contributed by atoms with van der Waals surface area (Å²) in [6, 6.07) is 5.02. The summed E-state index contributed by atoms with van der Waals surface area (Å²) in [6.07, 6.45) is 3.73. The highest BCUT2D eigenvalue weighted by Crippen LogP contribution is 2.27. The second kappa shape index (κ2) is 7.02. The molecule has 1 amide bonds. The van der Waals surface area contributed by atoms with Crippen molar-refractivity contribution in [3.8, 4) is 0 Å². The Balaban J connectivity index is 2.20. The number of nitrogens with one attached hydrogen (secondary N) is 2. The van der Waals surface area contributed by atoms with Gasteiger partial charge in [0.25, 0.3) is 0 Å². The van der Waals surface area contributed by atoms with Crippen LogP contribution in [0.2, 0.25) is 0 Å². The van der Waals surface area contributed by atoms with Crippen LogP contribution in [0.25, 0.3) is 0 Å². The summed E-state index contributed by atoms with van der Waals surface area (Å²) in [4.78, 5) is 12.3. The van der Waals surface area contributed by atoms with Crippen LogP contribution in [0.3, 0.4) is 0 Å². The molecular weight excluding hydrogens is 320 g/mol. The third-order valence-electron chi connectivity index (χ3n) is 3.59. The molecule has 0 aliphatic heterocycles. The van der Waals surface area contributed by atoms with Gasteiger partial charge in [-0.05, 0) is 43.7 Å². The molecule has 1 saturated carbocycles. The summed E-state index contributed by atoms with van der Waals surface area (Å²) < 4.78 is 27.4. The quantitative estimate of drug-likeness (QED) is 0.798. The summed E-state index contributed by atoms with van der Waals surface area (Å²) in [7, 11) is -3.52. The van der Waals surface area contributed by atoms with E-state index < -0.39 is 10.0 Å². The van der Waals surface area contributed by atoms with Crippen LogP contribution in [0, 0.1) is 12.8 Å². The number of sulfonamides is 1. The minimum Gasteiger partial charge on any atom is -0.326 e. The first kappa shape index (κ1) is 17.3. The second-order valence-corrected chi connectivity index (χ2v) is 8.26. The number of amides is 1. The molecular formula is C15H22N2O3S2. The van der Waals surface area contributed by atoms with Crippen LogP contribution in [-0.4, -0.2) is 32.4 Å². The molecule has 1 aromatic carbocycles. The highest BCUT2D eigenvalue weighted by atomic mass is 32.2. The van der Waals surface area contributed by atoms with Crippen molar-refractivity contribution in [3.05, 3.63) is 23.8 Å². The SMILES string of the molecule is CSC[C@H](C)C(=O)Nc1cccc(S(=O)(=O)NC2CC2)c1C. The predicted octanol–water partition coefficient (Wildman–Crippen LogP) is 2.37. The Kier molecular flexibility index (Phi) is 5.52. The monoisotopic (exact) mass is 342 g/mol. The molecule has 0 heterocycles. The summed E-state index contributed by atoms with van der Waals surface area (Å²) in [5, 5.41) is 2.83. The van der Waals surface area contributed by atoms with Crippen LogP contribution < -0.4 is 10.0 Å². The van der Waals surface area contributed by atoms with Crippen LogP contribution in [-0.2, 0) is 14.8 Å².